The summed E-state index contributed by atoms with van der Waals surface area (Å²) in [6.07, 6.45) is 0. The number of hydrogen-bond donors (Lipinski definition) is 1. The number of carbonyl (C=O) groups is 1. The van der Waals surface area contributed by atoms with Crippen molar-refractivity contribution in [3.8, 4) is 11.5 Å². The van der Waals surface area contributed by atoms with Gasteiger partial charge >= 0.3 is 11.6 Å². The quantitative estimate of drug-likeness (QED) is 0.542. The number of ether oxygens (including phenoxy) is 2. The van der Waals surface area contributed by atoms with Crippen molar-refractivity contribution in [2.24, 2.45) is 0 Å². The minimum atomic E-state index is -0.595. The van der Waals surface area contributed by atoms with E-state index in [1.54, 1.807) is 24.3 Å². The van der Waals surface area contributed by atoms with Crippen molar-refractivity contribution >= 4 is 28.5 Å². The van der Waals surface area contributed by atoms with Crippen LogP contribution in [0.5, 0.6) is 11.5 Å². The number of fused-ring (bicyclic) bond motifs is 1. The molecule has 134 valence electrons. The van der Waals surface area contributed by atoms with E-state index in [1.807, 2.05) is 6.92 Å². The van der Waals surface area contributed by atoms with Crippen molar-refractivity contribution < 1.29 is 23.8 Å². The third-order valence-corrected chi connectivity index (χ3v) is 4.11. The van der Waals surface area contributed by atoms with Gasteiger partial charge in [-0.3, -0.25) is 0 Å². The van der Waals surface area contributed by atoms with Crippen LogP contribution in [-0.4, -0.2) is 17.7 Å². The standard InChI is InChI=1S/C19H15ClO6/c1-11-6-14(3-5-16(11)20)24-10-19(23)25-9-12-7-18(22)26-17-8-13(21)2-4-15(12)17/h2-8,21H,9-10H2,1H3. The molecule has 3 rings (SSSR count). The zero-order valence-electron chi connectivity index (χ0n) is 13.8. The molecule has 0 aliphatic rings. The number of aromatic hydroxyl groups is 1. The van der Waals surface area contributed by atoms with Gasteiger partial charge in [0.15, 0.2) is 6.61 Å². The van der Waals surface area contributed by atoms with Gasteiger partial charge in [-0.2, -0.15) is 0 Å². The molecule has 0 aliphatic carbocycles. The van der Waals surface area contributed by atoms with E-state index in [2.05, 4.69) is 0 Å². The smallest absolute Gasteiger partial charge is 0.344 e. The van der Waals surface area contributed by atoms with Gasteiger partial charge < -0.3 is 19.0 Å². The van der Waals surface area contributed by atoms with Crippen LogP contribution in [0, 0.1) is 6.92 Å². The Kier molecular flexibility index (Phi) is 5.14. The first-order valence-corrected chi connectivity index (χ1v) is 8.10. The molecule has 1 N–H and O–H groups in total. The molecule has 7 heteroatoms. The highest BCUT2D eigenvalue weighted by Gasteiger charge is 2.10. The topological polar surface area (TPSA) is 86.0 Å². The molecule has 1 aromatic heterocycles. The van der Waals surface area contributed by atoms with Crippen molar-refractivity contribution in [2.45, 2.75) is 13.5 Å². The average molecular weight is 375 g/mol. The molecule has 0 atom stereocenters. The van der Waals surface area contributed by atoms with E-state index in [1.165, 1.54) is 18.2 Å². The van der Waals surface area contributed by atoms with Gasteiger partial charge in [-0.15, -0.1) is 0 Å². The summed E-state index contributed by atoms with van der Waals surface area (Å²) < 4.78 is 15.6. The van der Waals surface area contributed by atoms with E-state index in [-0.39, 0.29) is 24.5 Å². The summed E-state index contributed by atoms with van der Waals surface area (Å²) in [6, 6.07) is 10.7. The normalized spacial score (nSPS) is 10.7. The second-order valence-corrected chi connectivity index (χ2v) is 6.04. The van der Waals surface area contributed by atoms with E-state index in [0.717, 1.165) is 5.56 Å². The zero-order chi connectivity index (χ0) is 18.7. The third-order valence-electron chi connectivity index (χ3n) is 3.69. The lowest BCUT2D eigenvalue weighted by Crippen LogP contribution is -2.15. The Hall–Kier alpha value is -2.99. The Labute approximate surface area is 153 Å². The van der Waals surface area contributed by atoms with Crippen LogP contribution in [0.2, 0.25) is 5.02 Å². The molecule has 0 unspecified atom stereocenters. The highest BCUT2D eigenvalue weighted by molar-refractivity contribution is 6.31. The molecule has 3 aromatic rings. The lowest BCUT2D eigenvalue weighted by molar-refractivity contribution is -0.147. The molecular weight excluding hydrogens is 360 g/mol. The molecule has 2 aromatic carbocycles. The number of benzene rings is 2. The van der Waals surface area contributed by atoms with Crippen LogP contribution >= 0.6 is 11.6 Å². The minimum Gasteiger partial charge on any atom is -0.508 e. The van der Waals surface area contributed by atoms with E-state index in [4.69, 9.17) is 25.5 Å². The molecule has 0 saturated carbocycles. The first-order chi connectivity index (χ1) is 12.4. The third kappa shape index (κ3) is 4.15. The van der Waals surface area contributed by atoms with E-state index >= 15 is 0 Å². The summed E-state index contributed by atoms with van der Waals surface area (Å²) in [4.78, 5) is 23.5. The van der Waals surface area contributed by atoms with Crippen LogP contribution < -0.4 is 10.4 Å². The van der Waals surface area contributed by atoms with Gasteiger partial charge in [0.25, 0.3) is 0 Å². The van der Waals surface area contributed by atoms with Crippen molar-refractivity contribution in [1.82, 2.24) is 0 Å². The number of phenols is 1. The van der Waals surface area contributed by atoms with Gasteiger partial charge in [0, 0.05) is 28.1 Å². The van der Waals surface area contributed by atoms with Crippen LogP contribution in [0.15, 0.2) is 51.7 Å². The first kappa shape index (κ1) is 17.8. The molecular formula is C19H15ClO6. The number of rotatable bonds is 5. The molecule has 0 saturated heterocycles. The number of carbonyl (C=O) groups excluding carboxylic acids is 1. The Balaban J connectivity index is 1.65. The molecule has 6 nitrogen and oxygen atoms in total. The number of aryl methyl sites for hydroxylation is 1. The van der Waals surface area contributed by atoms with Gasteiger partial charge in [-0.05, 0) is 42.8 Å². The van der Waals surface area contributed by atoms with E-state index < -0.39 is 11.6 Å². The van der Waals surface area contributed by atoms with E-state index in [0.29, 0.717) is 21.7 Å². The number of esters is 1. The maximum absolute atomic E-state index is 11.9. The second kappa shape index (κ2) is 7.49. The lowest BCUT2D eigenvalue weighted by atomic mass is 10.1. The lowest BCUT2D eigenvalue weighted by Gasteiger charge is -2.09. The Morgan fingerprint density at radius 2 is 2.00 bits per heavy atom. The maximum atomic E-state index is 11.9. The minimum absolute atomic E-state index is 0.0264. The fourth-order valence-electron chi connectivity index (χ4n) is 2.39. The average Bonchev–Trinajstić information content (AvgIpc) is 2.60. The van der Waals surface area contributed by atoms with Crippen LogP contribution in [0.1, 0.15) is 11.1 Å². The summed E-state index contributed by atoms with van der Waals surface area (Å²) in [5.74, 6) is -0.107. The summed E-state index contributed by atoms with van der Waals surface area (Å²) in [5.41, 5.74) is 0.939. The maximum Gasteiger partial charge on any atom is 0.344 e. The molecule has 0 radical (unpaired) electrons. The highest BCUT2D eigenvalue weighted by Crippen LogP contribution is 2.23. The van der Waals surface area contributed by atoms with Crippen molar-refractivity contribution in [1.29, 1.82) is 0 Å². The fraction of sp³-hybridized carbons (Fsp3) is 0.158. The highest BCUT2D eigenvalue weighted by atomic mass is 35.5. The predicted molar refractivity (Wildman–Crippen MR) is 95.6 cm³/mol. The monoisotopic (exact) mass is 374 g/mol. The van der Waals surface area contributed by atoms with Crippen molar-refractivity contribution in [2.75, 3.05) is 6.61 Å². The molecule has 0 bridgehead atoms. The molecule has 0 fully saturated rings. The number of hydrogen-bond acceptors (Lipinski definition) is 6. The molecule has 1 heterocycles. The molecule has 0 spiro atoms. The predicted octanol–water partition coefficient (Wildman–Crippen LogP) is 3.58. The number of phenolic OH excluding ortho intramolecular Hbond substituents is 1. The molecule has 0 amide bonds. The van der Waals surface area contributed by atoms with Crippen molar-refractivity contribution in [3.63, 3.8) is 0 Å². The van der Waals surface area contributed by atoms with Gasteiger partial charge in [-0.25, -0.2) is 9.59 Å². The second-order valence-electron chi connectivity index (χ2n) is 5.63. The summed E-state index contributed by atoms with van der Waals surface area (Å²) in [7, 11) is 0. The fourth-order valence-corrected chi connectivity index (χ4v) is 2.50. The van der Waals surface area contributed by atoms with Gasteiger partial charge in [0.1, 0.15) is 23.7 Å². The van der Waals surface area contributed by atoms with Gasteiger partial charge in [0.05, 0.1) is 0 Å². The van der Waals surface area contributed by atoms with Gasteiger partial charge in [-0.1, -0.05) is 11.6 Å². The van der Waals surface area contributed by atoms with Crippen LogP contribution in [0.4, 0.5) is 0 Å². The van der Waals surface area contributed by atoms with Crippen LogP contribution in [0.25, 0.3) is 11.0 Å². The first-order valence-electron chi connectivity index (χ1n) is 7.73. The van der Waals surface area contributed by atoms with Gasteiger partial charge in [0.2, 0.25) is 0 Å². The number of halogens is 1. The Morgan fingerprint density at radius 1 is 1.19 bits per heavy atom. The zero-order valence-corrected chi connectivity index (χ0v) is 14.6. The Morgan fingerprint density at radius 3 is 2.77 bits per heavy atom. The molecule has 26 heavy (non-hydrogen) atoms. The summed E-state index contributed by atoms with van der Waals surface area (Å²) >= 11 is 5.94. The Bertz CT molecular complexity index is 1020. The van der Waals surface area contributed by atoms with Crippen LogP contribution in [-0.2, 0) is 16.1 Å². The molecule has 0 aliphatic heterocycles. The van der Waals surface area contributed by atoms with Crippen LogP contribution in [0.3, 0.4) is 0 Å². The van der Waals surface area contributed by atoms with Crippen molar-refractivity contribution in [3.05, 3.63) is 69.0 Å². The largest absolute Gasteiger partial charge is 0.508 e. The summed E-state index contributed by atoms with van der Waals surface area (Å²) in [6.45, 7) is 1.44. The van der Waals surface area contributed by atoms with E-state index in [9.17, 15) is 14.7 Å². The summed E-state index contributed by atoms with van der Waals surface area (Å²) in [5, 5.41) is 10.7. The SMILES string of the molecule is Cc1cc(OCC(=O)OCc2cc(=O)oc3cc(O)ccc23)ccc1Cl.